The van der Waals surface area contributed by atoms with Crippen molar-refractivity contribution in [3.8, 4) is 5.75 Å². The summed E-state index contributed by atoms with van der Waals surface area (Å²) in [5.74, 6) is -0.153. The van der Waals surface area contributed by atoms with Crippen molar-refractivity contribution in [1.82, 2.24) is 4.90 Å². The Labute approximate surface area is 124 Å². The fourth-order valence-electron chi connectivity index (χ4n) is 2.17. The zero-order valence-corrected chi connectivity index (χ0v) is 13.0. The molecule has 0 heterocycles. The van der Waals surface area contributed by atoms with Gasteiger partial charge >= 0.3 is 0 Å². The van der Waals surface area contributed by atoms with Crippen molar-refractivity contribution in [1.29, 1.82) is 0 Å². The van der Waals surface area contributed by atoms with Crippen molar-refractivity contribution >= 4 is 23.2 Å². The van der Waals surface area contributed by atoms with E-state index in [0.717, 1.165) is 25.2 Å². The van der Waals surface area contributed by atoms with Gasteiger partial charge in [0.2, 0.25) is 0 Å². The van der Waals surface area contributed by atoms with Crippen LogP contribution in [-0.4, -0.2) is 37.6 Å². The van der Waals surface area contributed by atoms with E-state index in [-0.39, 0.29) is 5.56 Å². The van der Waals surface area contributed by atoms with Gasteiger partial charge in [-0.15, -0.1) is 0 Å². The topological polar surface area (TPSA) is 81.6 Å². The number of primary amides is 1. The standard InChI is InChI=1S/C14H22ClN3O2/c1-4-18(5-2)7-6-9-12(16)11(15)8-10(14(17)19)13(9)20-3/h8H,4-7,16H2,1-3H3,(H2,17,19). The summed E-state index contributed by atoms with van der Waals surface area (Å²) in [5, 5.41) is 0.328. The number of ether oxygens (including phenoxy) is 1. The Balaban J connectivity index is 3.18. The molecule has 0 aromatic heterocycles. The minimum atomic E-state index is -0.576. The zero-order valence-electron chi connectivity index (χ0n) is 12.2. The van der Waals surface area contributed by atoms with Crippen LogP contribution in [0.15, 0.2) is 6.07 Å². The molecule has 20 heavy (non-hydrogen) atoms. The lowest BCUT2D eigenvalue weighted by molar-refractivity contribution is 0.0997. The fraction of sp³-hybridized carbons (Fsp3) is 0.500. The largest absolute Gasteiger partial charge is 0.496 e. The Bertz CT molecular complexity index is 488. The third kappa shape index (κ3) is 3.55. The van der Waals surface area contributed by atoms with E-state index in [1.54, 1.807) is 0 Å². The smallest absolute Gasteiger partial charge is 0.252 e. The third-order valence-corrected chi connectivity index (χ3v) is 3.73. The summed E-state index contributed by atoms with van der Waals surface area (Å²) in [4.78, 5) is 13.7. The number of benzene rings is 1. The Hall–Kier alpha value is -1.46. The molecular formula is C14H22ClN3O2. The number of rotatable bonds is 7. The number of anilines is 1. The summed E-state index contributed by atoms with van der Waals surface area (Å²) in [6.07, 6.45) is 0.650. The quantitative estimate of drug-likeness (QED) is 0.754. The maximum atomic E-state index is 11.5. The number of nitrogens with zero attached hydrogens (tertiary/aromatic N) is 1. The second-order valence-corrected chi connectivity index (χ2v) is 4.88. The van der Waals surface area contributed by atoms with Gasteiger partial charge in [0.25, 0.3) is 5.91 Å². The number of likely N-dealkylation sites (N-methyl/N-ethyl adjacent to an activating group) is 1. The molecule has 4 N–H and O–H groups in total. The fourth-order valence-corrected chi connectivity index (χ4v) is 2.40. The van der Waals surface area contributed by atoms with Gasteiger partial charge < -0.3 is 21.1 Å². The Morgan fingerprint density at radius 1 is 1.40 bits per heavy atom. The van der Waals surface area contributed by atoms with E-state index >= 15 is 0 Å². The van der Waals surface area contributed by atoms with Crippen LogP contribution < -0.4 is 16.2 Å². The van der Waals surface area contributed by atoms with E-state index < -0.39 is 5.91 Å². The average Bonchev–Trinajstić information content (AvgIpc) is 2.43. The molecule has 112 valence electrons. The molecule has 1 aromatic rings. The van der Waals surface area contributed by atoms with Crippen molar-refractivity contribution in [2.75, 3.05) is 32.5 Å². The lowest BCUT2D eigenvalue weighted by atomic mass is 10.0. The molecule has 0 saturated carbocycles. The second-order valence-electron chi connectivity index (χ2n) is 4.47. The van der Waals surface area contributed by atoms with Crippen LogP contribution in [0, 0.1) is 0 Å². The molecule has 0 spiro atoms. The van der Waals surface area contributed by atoms with Gasteiger partial charge in [0.1, 0.15) is 5.75 Å². The van der Waals surface area contributed by atoms with E-state index in [2.05, 4.69) is 18.7 Å². The molecule has 0 bridgehead atoms. The highest BCUT2D eigenvalue weighted by Crippen LogP contribution is 2.35. The van der Waals surface area contributed by atoms with Gasteiger partial charge in [-0.3, -0.25) is 4.79 Å². The highest BCUT2D eigenvalue weighted by molar-refractivity contribution is 6.33. The Morgan fingerprint density at radius 3 is 2.45 bits per heavy atom. The molecule has 1 rings (SSSR count). The Morgan fingerprint density at radius 2 is 2.00 bits per heavy atom. The molecule has 0 aliphatic carbocycles. The predicted octanol–water partition coefficient (Wildman–Crippen LogP) is 1.91. The first-order valence-electron chi connectivity index (χ1n) is 6.63. The summed E-state index contributed by atoms with van der Waals surface area (Å²) in [6.45, 7) is 6.89. The molecule has 5 nitrogen and oxygen atoms in total. The van der Waals surface area contributed by atoms with Crippen molar-refractivity contribution in [3.05, 3.63) is 22.2 Å². The second kappa shape index (κ2) is 7.36. The molecule has 6 heteroatoms. The monoisotopic (exact) mass is 299 g/mol. The predicted molar refractivity (Wildman–Crippen MR) is 82.4 cm³/mol. The van der Waals surface area contributed by atoms with E-state index in [1.165, 1.54) is 13.2 Å². The van der Waals surface area contributed by atoms with E-state index in [4.69, 9.17) is 27.8 Å². The molecule has 0 fully saturated rings. The van der Waals surface area contributed by atoms with Crippen LogP contribution in [0.4, 0.5) is 5.69 Å². The number of halogens is 1. The molecule has 1 amide bonds. The summed E-state index contributed by atoms with van der Waals surface area (Å²) >= 11 is 6.07. The number of nitrogens with two attached hydrogens (primary N) is 2. The molecule has 0 atom stereocenters. The van der Waals surface area contributed by atoms with Crippen molar-refractivity contribution in [2.24, 2.45) is 5.73 Å². The van der Waals surface area contributed by atoms with Crippen molar-refractivity contribution in [3.63, 3.8) is 0 Å². The maximum absolute atomic E-state index is 11.5. The maximum Gasteiger partial charge on any atom is 0.252 e. The van der Waals surface area contributed by atoms with Crippen LogP contribution in [0.1, 0.15) is 29.8 Å². The van der Waals surface area contributed by atoms with Crippen LogP contribution in [0.2, 0.25) is 5.02 Å². The number of amides is 1. The van der Waals surface area contributed by atoms with E-state index in [1.807, 2.05) is 0 Å². The summed E-state index contributed by atoms with van der Waals surface area (Å²) in [7, 11) is 1.50. The van der Waals surface area contributed by atoms with Gasteiger partial charge in [-0.1, -0.05) is 25.4 Å². The van der Waals surface area contributed by atoms with Crippen LogP contribution in [-0.2, 0) is 6.42 Å². The zero-order chi connectivity index (χ0) is 15.3. The summed E-state index contributed by atoms with van der Waals surface area (Å²) in [6, 6.07) is 1.46. The van der Waals surface area contributed by atoms with Crippen LogP contribution >= 0.6 is 11.6 Å². The highest BCUT2D eigenvalue weighted by atomic mass is 35.5. The highest BCUT2D eigenvalue weighted by Gasteiger charge is 2.19. The molecule has 1 aromatic carbocycles. The average molecular weight is 300 g/mol. The van der Waals surface area contributed by atoms with Gasteiger partial charge in [0.15, 0.2) is 0 Å². The molecule has 0 radical (unpaired) electrons. The summed E-state index contributed by atoms with van der Waals surface area (Å²) in [5.41, 5.74) is 12.8. The number of carbonyl (C=O) groups excluding carboxylic acids is 1. The first-order chi connectivity index (χ1) is 9.46. The lowest BCUT2D eigenvalue weighted by Gasteiger charge is -2.21. The first-order valence-corrected chi connectivity index (χ1v) is 7.00. The minimum absolute atomic E-state index is 0.265. The normalized spacial score (nSPS) is 10.8. The molecule has 0 aliphatic heterocycles. The Kier molecular flexibility index (Phi) is 6.10. The van der Waals surface area contributed by atoms with Crippen molar-refractivity contribution in [2.45, 2.75) is 20.3 Å². The van der Waals surface area contributed by atoms with Gasteiger partial charge in [0, 0.05) is 12.1 Å². The van der Waals surface area contributed by atoms with Gasteiger partial charge in [-0.25, -0.2) is 0 Å². The first kappa shape index (κ1) is 16.6. The molecule has 0 unspecified atom stereocenters. The van der Waals surface area contributed by atoms with Crippen LogP contribution in [0.25, 0.3) is 0 Å². The number of methoxy groups -OCH3 is 1. The minimum Gasteiger partial charge on any atom is -0.496 e. The van der Waals surface area contributed by atoms with Gasteiger partial charge in [-0.05, 0) is 25.6 Å². The lowest BCUT2D eigenvalue weighted by Crippen LogP contribution is -2.26. The van der Waals surface area contributed by atoms with Gasteiger partial charge in [-0.2, -0.15) is 0 Å². The number of nitrogen functional groups attached to an aromatic ring is 1. The number of hydrogen-bond donors (Lipinski definition) is 2. The number of carbonyl (C=O) groups is 1. The van der Waals surface area contributed by atoms with Gasteiger partial charge in [0.05, 0.1) is 23.4 Å². The third-order valence-electron chi connectivity index (χ3n) is 3.41. The van der Waals surface area contributed by atoms with E-state index in [9.17, 15) is 4.79 Å². The number of hydrogen-bond acceptors (Lipinski definition) is 4. The van der Waals surface area contributed by atoms with Crippen LogP contribution in [0.3, 0.4) is 0 Å². The van der Waals surface area contributed by atoms with Crippen LogP contribution in [0.5, 0.6) is 5.75 Å². The molecule has 0 aliphatic rings. The molecule has 0 saturated heterocycles. The van der Waals surface area contributed by atoms with Crippen molar-refractivity contribution < 1.29 is 9.53 Å². The SMILES string of the molecule is CCN(CC)CCc1c(N)c(Cl)cc(C(N)=O)c1OC. The van der Waals surface area contributed by atoms with E-state index in [0.29, 0.717) is 22.9 Å². The summed E-state index contributed by atoms with van der Waals surface area (Å²) < 4.78 is 5.32. The molecular weight excluding hydrogens is 278 g/mol.